The van der Waals surface area contributed by atoms with E-state index in [0.717, 1.165) is 25.7 Å². The number of carbonyl (C=O) groups is 2. The Bertz CT molecular complexity index is 582. The molecule has 5 nitrogen and oxygen atoms in total. The van der Waals surface area contributed by atoms with E-state index in [-0.39, 0.29) is 18.7 Å². The number of carboxylic acid groups (broad SMARTS) is 1. The molecule has 0 heterocycles. The van der Waals surface area contributed by atoms with Crippen molar-refractivity contribution in [3.05, 3.63) is 23.2 Å². The van der Waals surface area contributed by atoms with Gasteiger partial charge in [0.05, 0.1) is 18.7 Å². The van der Waals surface area contributed by atoms with Crippen LogP contribution in [0.25, 0.3) is 0 Å². The molecule has 0 spiro atoms. The van der Waals surface area contributed by atoms with Crippen LogP contribution in [0.4, 0.5) is 5.69 Å². The van der Waals surface area contributed by atoms with Gasteiger partial charge in [0.15, 0.2) is 0 Å². The fraction of sp³-hybridized carbons (Fsp3) is 0.529. The maximum Gasteiger partial charge on any atom is 0.303 e. The van der Waals surface area contributed by atoms with E-state index >= 15 is 0 Å². The van der Waals surface area contributed by atoms with Crippen LogP contribution < -0.4 is 10.1 Å². The Morgan fingerprint density at radius 3 is 2.61 bits per heavy atom. The van der Waals surface area contributed by atoms with Crippen molar-refractivity contribution >= 4 is 29.2 Å². The van der Waals surface area contributed by atoms with E-state index in [4.69, 9.17) is 21.4 Å². The molecule has 0 saturated heterocycles. The average Bonchev–Trinajstić information content (AvgIpc) is 2.89. The largest absolute Gasteiger partial charge is 0.492 e. The number of anilines is 1. The second kappa shape index (κ2) is 7.68. The molecule has 1 saturated carbocycles. The van der Waals surface area contributed by atoms with E-state index in [9.17, 15) is 9.59 Å². The first-order valence-corrected chi connectivity index (χ1v) is 8.26. The van der Waals surface area contributed by atoms with Crippen molar-refractivity contribution in [1.82, 2.24) is 0 Å². The van der Waals surface area contributed by atoms with Crippen molar-refractivity contribution in [1.29, 1.82) is 0 Å². The molecule has 1 fully saturated rings. The lowest BCUT2D eigenvalue weighted by Gasteiger charge is -2.26. The van der Waals surface area contributed by atoms with Gasteiger partial charge in [0.2, 0.25) is 5.91 Å². The second-order valence-electron chi connectivity index (χ2n) is 6.08. The molecule has 2 N–H and O–H groups in total. The lowest BCUT2D eigenvalue weighted by Crippen LogP contribution is -2.27. The number of rotatable bonds is 7. The minimum Gasteiger partial charge on any atom is -0.492 e. The summed E-state index contributed by atoms with van der Waals surface area (Å²) in [6, 6.07) is 5.05. The Labute approximate surface area is 141 Å². The molecule has 0 aromatic heterocycles. The van der Waals surface area contributed by atoms with Gasteiger partial charge in [-0.05, 0) is 43.4 Å². The molecule has 1 aliphatic rings. The summed E-state index contributed by atoms with van der Waals surface area (Å²) in [5.41, 5.74) is 0.0908. The zero-order chi connectivity index (χ0) is 16.9. The topological polar surface area (TPSA) is 75.6 Å². The smallest absolute Gasteiger partial charge is 0.303 e. The number of hydrogen-bond donors (Lipinski definition) is 2. The van der Waals surface area contributed by atoms with Gasteiger partial charge >= 0.3 is 5.97 Å². The maximum atomic E-state index is 12.4. The Morgan fingerprint density at radius 1 is 1.30 bits per heavy atom. The van der Waals surface area contributed by atoms with Gasteiger partial charge in [-0.2, -0.15) is 0 Å². The Hall–Kier alpha value is -1.75. The normalized spacial score (nSPS) is 16.1. The molecule has 23 heavy (non-hydrogen) atoms. The number of nitrogens with one attached hydrogen (secondary N) is 1. The highest BCUT2D eigenvalue weighted by Gasteiger charge is 2.38. The van der Waals surface area contributed by atoms with Gasteiger partial charge in [-0.1, -0.05) is 24.4 Å². The summed E-state index contributed by atoms with van der Waals surface area (Å²) >= 11 is 5.98. The molecule has 0 aliphatic heterocycles. The summed E-state index contributed by atoms with van der Waals surface area (Å²) < 4.78 is 5.49. The van der Waals surface area contributed by atoms with Crippen LogP contribution in [-0.2, 0) is 9.59 Å². The van der Waals surface area contributed by atoms with E-state index in [1.54, 1.807) is 18.2 Å². The second-order valence-corrected chi connectivity index (χ2v) is 6.51. The average molecular weight is 340 g/mol. The number of carboxylic acids is 1. The summed E-state index contributed by atoms with van der Waals surface area (Å²) in [6.45, 7) is 2.34. The zero-order valence-corrected chi connectivity index (χ0v) is 14.0. The molecule has 1 amide bonds. The van der Waals surface area contributed by atoms with E-state index in [1.165, 1.54) is 0 Å². The fourth-order valence-corrected chi connectivity index (χ4v) is 3.45. The molecule has 6 heteroatoms. The van der Waals surface area contributed by atoms with Gasteiger partial charge in [-0.15, -0.1) is 0 Å². The molecule has 0 atom stereocenters. The van der Waals surface area contributed by atoms with E-state index < -0.39 is 11.4 Å². The minimum absolute atomic E-state index is 0.0360. The van der Waals surface area contributed by atoms with Gasteiger partial charge in [-0.3, -0.25) is 9.59 Å². The van der Waals surface area contributed by atoms with Gasteiger partial charge in [0.1, 0.15) is 5.75 Å². The van der Waals surface area contributed by atoms with Crippen LogP contribution in [0.2, 0.25) is 5.02 Å². The summed E-state index contributed by atoms with van der Waals surface area (Å²) in [6.07, 6.45) is 3.75. The molecule has 0 bridgehead atoms. The van der Waals surface area contributed by atoms with Crippen LogP contribution in [-0.4, -0.2) is 23.6 Å². The van der Waals surface area contributed by atoms with E-state index in [1.807, 2.05) is 6.92 Å². The van der Waals surface area contributed by atoms with E-state index in [2.05, 4.69) is 5.32 Å². The van der Waals surface area contributed by atoms with Crippen molar-refractivity contribution in [2.75, 3.05) is 11.9 Å². The minimum atomic E-state index is -0.850. The van der Waals surface area contributed by atoms with Gasteiger partial charge in [0, 0.05) is 11.4 Å². The van der Waals surface area contributed by atoms with Crippen LogP contribution in [0.1, 0.15) is 45.4 Å². The molecule has 2 rings (SSSR count). The first-order valence-electron chi connectivity index (χ1n) is 7.88. The Balaban J connectivity index is 2.09. The van der Waals surface area contributed by atoms with Crippen molar-refractivity contribution in [2.24, 2.45) is 5.41 Å². The van der Waals surface area contributed by atoms with Crippen molar-refractivity contribution in [2.45, 2.75) is 45.4 Å². The molecule has 0 unspecified atom stereocenters. The summed E-state index contributed by atoms with van der Waals surface area (Å²) in [5.74, 6) is -0.488. The van der Waals surface area contributed by atoms with Crippen LogP contribution in [0, 0.1) is 5.41 Å². The molecular weight excluding hydrogens is 318 g/mol. The number of benzene rings is 1. The maximum absolute atomic E-state index is 12.4. The highest BCUT2D eigenvalue weighted by Crippen LogP contribution is 2.44. The molecular formula is C17H22ClNO4. The number of amides is 1. The Kier molecular flexibility index (Phi) is 5.88. The lowest BCUT2D eigenvalue weighted by molar-refractivity contribution is -0.140. The van der Waals surface area contributed by atoms with Crippen molar-refractivity contribution < 1.29 is 19.4 Å². The molecule has 0 radical (unpaired) electrons. The SMILES string of the molecule is CCOc1ccc(Cl)cc1NC(=O)CC1(CC(=O)O)CCCC1. The third-order valence-corrected chi connectivity index (χ3v) is 4.48. The standard InChI is InChI=1S/C17H22ClNO4/c1-2-23-14-6-5-12(18)9-13(14)19-15(20)10-17(11-16(21)22)7-3-4-8-17/h5-6,9H,2-4,7-8,10-11H2,1H3,(H,19,20)(H,21,22). The highest BCUT2D eigenvalue weighted by molar-refractivity contribution is 6.31. The van der Waals surface area contributed by atoms with Crippen molar-refractivity contribution in [3.63, 3.8) is 0 Å². The molecule has 1 aliphatic carbocycles. The zero-order valence-electron chi connectivity index (χ0n) is 13.2. The monoisotopic (exact) mass is 339 g/mol. The number of hydrogen-bond acceptors (Lipinski definition) is 3. The lowest BCUT2D eigenvalue weighted by atomic mass is 9.79. The third kappa shape index (κ3) is 4.86. The fourth-order valence-electron chi connectivity index (χ4n) is 3.28. The Morgan fingerprint density at radius 2 is 2.00 bits per heavy atom. The van der Waals surface area contributed by atoms with Crippen molar-refractivity contribution in [3.8, 4) is 5.75 Å². The number of carbonyl (C=O) groups excluding carboxylic acids is 1. The molecule has 1 aromatic carbocycles. The van der Waals surface area contributed by atoms with Gasteiger partial charge < -0.3 is 15.2 Å². The van der Waals surface area contributed by atoms with Gasteiger partial charge in [-0.25, -0.2) is 0 Å². The number of aliphatic carboxylic acids is 1. The van der Waals surface area contributed by atoms with Gasteiger partial charge in [0.25, 0.3) is 0 Å². The summed E-state index contributed by atoms with van der Waals surface area (Å²) in [7, 11) is 0. The van der Waals surface area contributed by atoms with Crippen LogP contribution in [0.15, 0.2) is 18.2 Å². The van der Waals surface area contributed by atoms with Crippen LogP contribution >= 0.6 is 11.6 Å². The number of halogens is 1. The predicted molar refractivity (Wildman–Crippen MR) is 89.0 cm³/mol. The van der Waals surface area contributed by atoms with Crippen LogP contribution in [0.3, 0.4) is 0 Å². The first-order chi connectivity index (χ1) is 10.9. The summed E-state index contributed by atoms with van der Waals surface area (Å²) in [5, 5.41) is 12.4. The quantitative estimate of drug-likeness (QED) is 0.784. The molecule has 126 valence electrons. The summed E-state index contributed by atoms with van der Waals surface area (Å²) in [4.78, 5) is 23.5. The predicted octanol–water partition coefficient (Wildman–Crippen LogP) is 4.10. The third-order valence-electron chi connectivity index (χ3n) is 4.24. The van der Waals surface area contributed by atoms with Crippen LogP contribution in [0.5, 0.6) is 5.75 Å². The van der Waals surface area contributed by atoms with E-state index in [0.29, 0.717) is 23.1 Å². The first kappa shape index (κ1) is 17.6. The molecule has 1 aromatic rings. The number of ether oxygens (including phenoxy) is 1. The highest BCUT2D eigenvalue weighted by atomic mass is 35.5.